The van der Waals surface area contributed by atoms with Crippen molar-refractivity contribution in [1.29, 1.82) is 0 Å². The van der Waals surface area contributed by atoms with E-state index in [2.05, 4.69) is 10.3 Å². The molecule has 2 aromatic heterocycles. The molecule has 1 aromatic carbocycles. The van der Waals surface area contributed by atoms with Gasteiger partial charge in [-0.15, -0.1) is 0 Å². The molecule has 3 N–H and O–H groups in total. The van der Waals surface area contributed by atoms with Gasteiger partial charge in [0.15, 0.2) is 0 Å². The lowest BCUT2D eigenvalue weighted by Gasteiger charge is -2.09. The van der Waals surface area contributed by atoms with Gasteiger partial charge in [-0.25, -0.2) is 0 Å². The van der Waals surface area contributed by atoms with Gasteiger partial charge in [0.05, 0.1) is 12.0 Å². The molecule has 5 nitrogen and oxygen atoms in total. The SMILES string of the molecule is Cc1[nH]c2ccccc2c1CC(=O)Nc1cc(C(F)(F)F)c[nH]c1=O. The molecule has 0 aliphatic carbocycles. The molecule has 130 valence electrons. The Morgan fingerprint density at radius 3 is 2.68 bits per heavy atom. The average Bonchev–Trinajstić information content (AvgIpc) is 2.84. The summed E-state index contributed by atoms with van der Waals surface area (Å²) in [5, 5.41) is 3.11. The van der Waals surface area contributed by atoms with Gasteiger partial charge < -0.3 is 15.3 Å². The number of carbonyl (C=O) groups excluding carboxylic acids is 1. The monoisotopic (exact) mass is 349 g/mol. The summed E-state index contributed by atoms with van der Waals surface area (Å²) in [4.78, 5) is 29.0. The number of alkyl halides is 3. The molecular weight excluding hydrogens is 335 g/mol. The van der Waals surface area contributed by atoms with Crippen LogP contribution >= 0.6 is 0 Å². The number of fused-ring (bicyclic) bond motifs is 1. The largest absolute Gasteiger partial charge is 0.417 e. The van der Waals surface area contributed by atoms with Gasteiger partial charge in [-0.3, -0.25) is 9.59 Å². The van der Waals surface area contributed by atoms with Crippen molar-refractivity contribution in [2.75, 3.05) is 5.32 Å². The Labute approximate surface area is 139 Å². The van der Waals surface area contributed by atoms with Gasteiger partial charge in [0.2, 0.25) is 5.91 Å². The van der Waals surface area contributed by atoms with Crippen molar-refractivity contribution >= 4 is 22.5 Å². The second kappa shape index (κ2) is 6.12. The molecule has 3 aromatic rings. The number of hydrogen-bond acceptors (Lipinski definition) is 2. The van der Waals surface area contributed by atoms with E-state index in [1.165, 1.54) is 0 Å². The summed E-state index contributed by atoms with van der Waals surface area (Å²) < 4.78 is 38.2. The molecule has 2 heterocycles. The Balaban J connectivity index is 1.86. The number of aromatic amines is 2. The second-order valence-electron chi connectivity index (χ2n) is 5.63. The van der Waals surface area contributed by atoms with E-state index in [-0.39, 0.29) is 6.42 Å². The van der Waals surface area contributed by atoms with Crippen LogP contribution in [0.15, 0.2) is 41.3 Å². The molecule has 0 saturated carbocycles. The van der Waals surface area contributed by atoms with Crippen LogP contribution in [0.5, 0.6) is 0 Å². The fraction of sp³-hybridized carbons (Fsp3) is 0.176. The molecule has 0 spiro atoms. The molecule has 8 heteroatoms. The minimum absolute atomic E-state index is 0.0640. The third-order valence-electron chi connectivity index (χ3n) is 3.87. The minimum atomic E-state index is -4.61. The first kappa shape index (κ1) is 16.8. The molecule has 3 rings (SSSR count). The topological polar surface area (TPSA) is 77.8 Å². The van der Waals surface area contributed by atoms with Crippen LogP contribution in [-0.2, 0) is 17.4 Å². The first-order valence-corrected chi connectivity index (χ1v) is 7.41. The van der Waals surface area contributed by atoms with Crippen molar-refractivity contribution in [3.05, 3.63) is 63.7 Å². The predicted molar refractivity (Wildman–Crippen MR) is 87.4 cm³/mol. The van der Waals surface area contributed by atoms with Crippen molar-refractivity contribution in [3.8, 4) is 0 Å². The predicted octanol–water partition coefficient (Wildman–Crippen LogP) is 3.36. The summed E-state index contributed by atoms with van der Waals surface area (Å²) >= 11 is 0. The van der Waals surface area contributed by atoms with Crippen LogP contribution in [0.4, 0.5) is 18.9 Å². The van der Waals surface area contributed by atoms with Gasteiger partial charge in [-0.2, -0.15) is 13.2 Å². The Morgan fingerprint density at radius 2 is 1.96 bits per heavy atom. The lowest BCUT2D eigenvalue weighted by Crippen LogP contribution is -2.22. The van der Waals surface area contributed by atoms with E-state index in [0.29, 0.717) is 12.3 Å². The van der Waals surface area contributed by atoms with E-state index >= 15 is 0 Å². The molecule has 0 fully saturated rings. The van der Waals surface area contributed by atoms with Gasteiger partial charge in [0.25, 0.3) is 5.56 Å². The fourth-order valence-electron chi connectivity index (χ4n) is 2.66. The maximum Gasteiger partial charge on any atom is 0.417 e. The van der Waals surface area contributed by atoms with Crippen molar-refractivity contribution in [3.63, 3.8) is 0 Å². The number of pyridine rings is 1. The van der Waals surface area contributed by atoms with Gasteiger partial charge >= 0.3 is 6.18 Å². The van der Waals surface area contributed by atoms with E-state index in [4.69, 9.17) is 0 Å². The second-order valence-corrected chi connectivity index (χ2v) is 5.63. The number of hydrogen-bond donors (Lipinski definition) is 3. The molecule has 0 bridgehead atoms. The van der Waals surface area contributed by atoms with Crippen LogP contribution in [0.2, 0.25) is 0 Å². The molecule has 0 radical (unpaired) electrons. The maximum atomic E-state index is 12.7. The van der Waals surface area contributed by atoms with Crippen molar-refractivity contribution in [2.24, 2.45) is 0 Å². The Kier molecular flexibility index (Phi) is 4.12. The summed E-state index contributed by atoms with van der Waals surface area (Å²) in [6.07, 6.45) is -4.11. The molecule has 0 saturated heterocycles. The number of amides is 1. The summed E-state index contributed by atoms with van der Waals surface area (Å²) in [5.41, 5.74) is 0.116. The van der Waals surface area contributed by atoms with E-state index in [1.807, 2.05) is 29.2 Å². The van der Waals surface area contributed by atoms with Crippen molar-refractivity contribution in [2.45, 2.75) is 19.5 Å². The third kappa shape index (κ3) is 3.42. The molecule has 0 aliphatic heterocycles. The summed E-state index contributed by atoms with van der Waals surface area (Å²) in [5.74, 6) is -0.572. The highest BCUT2D eigenvalue weighted by atomic mass is 19.4. The van der Waals surface area contributed by atoms with E-state index in [9.17, 15) is 22.8 Å². The summed E-state index contributed by atoms with van der Waals surface area (Å²) in [7, 11) is 0. The quantitative estimate of drug-likeness (QED) is 0.678. The number of H-pyrrole nitrogens is 2. The van der Waals surface area contributed by atoms with Gasteiger partial charge in [-0.05, 0) is 24.6 Å². The zero-order valence-corrected chi connectivity index (χ0v) is 13.1. The van der Waals surface area contributed by atoms with E-state index < -0.39 is 28.9 Å². The molecule has 0 aliphatic rings. The fourth-order valence-corrected chi connectivity index (χ4v) is 2.66. The molecule has 25 heavy (non-hydrogen) atoms. The number of carbonyl (C=O) groups is 1. The number of para-hydroxylation sites is 1. The minimum Gasteiger partial charge on any atom is -0.358 e. The van der Waals surface area contributed by atoms with Gasteiger partial charge in [-0.1, -0.05) is 18.2 Å². The van der Waals surface area contributed by atoms with Crippen LogP contribution in [0.1, 0.15) is 16.8 Å². The Bertz CT molecular complexity index is 1000. The number of benzene rings is 1. The number of aryl methyl sites for hydroxylation is 1. The normalized spacial score (nSPS) is 11.7. The molecular formula is C17H14F3N3O2. The Hall–Kier alpha value is -3.03. The van der Waals surface area contributed by atoms with Crippen LogP contribution in [-0.4, -0.2) is 15.9 Å². The smallest absolute Gasteiger partial charge is 0.358 e. The highest BCUT2D eigenvalue weighted by molar-refractivity contribution is 5.96. The highest BCUT2D eigenvalue weighted by Crippen LogP contribution is 2.29. The van der Waals surface area contributed by atoms with E-state index in [0.717, 1.165) is 22.2 Å². The number of nitrogens with one attached hydrogen (secondary N) is 3. The zero-order valence-electron chi connectivity index (χ0n) is 13.1. The molecule has 0 atom stereocenters. The van der Waals surface area contributed by atoms with Crippen LogP contribution in [0, 0.1) is 6.92 Å². The molecule has 0 unspecified atom stereocenters. The van der Waals surface area contributed by atoms with Gasteiger partial charge in [0.1, 0.15) is 5.69 Å². The lowest BCUT2D eigenvalue weighted by atomic mass is 10.1. The van der Waals surface area contributed by atoms with E-state index in [1.54, 1.807) is 6.92 Å². The molecule has 1 amide bonds. The maximum absolute atomic E-state index is 12.7. The third-order valence-corrected chi connectivity index (χ3v) is 3.87. The highest BCUT2D eigenvalue weighted by Gasteiger charge is 2.31. The number of halogens is 3. The van der Waals surface area contributed by atoms with Crippen LogP contribution in [0.3, 0.4) is 0 Å². The van der Waals surface area contributed by atoms with Gasteiger partial charge in [0, 0.05) is 22.8 Å². The van der Waals surface area contributed by atoms with Crippen LogP contribution in [0.25, 0.3) is 10.9 Å². The Morgan fingerprint density at radius 1 is 1.24 bits per heavy atom. The average molecular weight is 349 g/mol. The summed E-state index contributed by atoms with van der Waals surface area (Å²) in [6, 6.07) is 8.01. The number of rotatable bonds is 3. The first-order valence-electron chi connectivity index (χ1n) is 7.41. The van der Waals surface area contributed by atoms with Crippen LogP contribution < -0.4 is 10.9 Å². The van der Waals surface area contributed by atoms with Crippen molar-refractivity contribution < 1.29 is 18.0 Å². The lowest BCUT2D eigenvalue weighted by molar-refractivity contribution is -0.137. The zero-order chi connectivity index (χ0) is 18.2. The number of anilines is 1. The first-order chi connectivity index (χ1) is 11.8. The summed E-state index contributed by atoms with van der Waals surface area (Å²) in [6.45, 7) is 1.81. The standard InChI is InChI=1S/C17H14F3N3O2/c1-9-12(11-4-2-3-5-13(11)22-9)7-15(24)23-14-6-10(17(18,19)20)8-21-16(14)25/h2-6,8,22H,7H2,1H3,(H,21,25)(H,23,24). The number of aromatic nitrogens is 2. The van der Waals surface area contributed by atoms with Crippen molar-refractivity contribution in [1.82, 2.24) is 9.97 Å².